The molecule has 0 saturated heterocycles. The number of hydrogen-bond donors (Lipinski definition) is 3. The van der Waals surface area contributed by atoms with E-state index < -0.39 is 0 Å². The van der Waals surface area contributed by atoms with Gasteiger partial charge in [0.2, 0.25) is 5.88 Å². The minimum absolute atomic E-state index is 0.128. The van der Waals surface area contributed by atoms with E-state index in [1.54, 1.807) is 6.08 Å². The van der Waals surface area contributed by atoms with Crippen molar-refractivity contribution >= 4 is 6.08 Å². The Labute approximate surface area is 68.6 Å². The molecule has 0 atom stereocenters. The normalized spacial score (nSPS) is 10.8. The van der Waals surface area contributed by atoms with E-state index in [9.17, 15) is 4.79 Å². The van der Waals surface area contributed by atoms with Gasteiger partial charge in [-0.05, 0) is 6.08 Å². The van der Waals surface area contributed by atoms with Gasteiger partial charge in [-0.2, -0.15) is 0 Å². The largest absolute Gasteiger partial charge is 0.493 e. The predicted octanol–water partition coefficient (Wildman–Crippen LogP) is -0.553. The zero-order valence-corrected chi connectivity index (χ0v) is 6.32. The van der Waals surface area contributed by atoms with Crippen molar-refractivity contribution in [3.63, 3.8) is 0 Å². The van der Waals surface area contributed by atoms with E-state index in [1.807, 2.05) is 0 Å². The molecule has 0 saturated carbocycles. The Hall–Kier alpha value is -1.62. The van der Waals surface area contributed by atoms with Gasteiger partial charge < -0.3 is 15.8 Å². The molecule has 0 radical (unpaired) electrons. The third-order valence-electron chi connectivity index (χ3n) is 1.29. The van der Waals surface area contributed by atoms with E-state index in [4.69, 9.17) is 10.8 Å². The van der Waals surface area contributed by atoms with E-state index >= 15 is 0 Å². The lowest BCUT2D eigenvalue weighted by molar-refractivity contribution is 0.449. The number of aromatic nitrogens is 2. The Morgan fingerprint density at radius 2 is 2.50 bits per heavy atom. The maximum atomic E-state index is 11.0. The average molecular weight is 167 g/mol. The molecule has 5 nitrogen and oxygen atoms in total. The number of aromatic hydroxyl groups is 1. The smallest absolute Gasteiger partial charge is 0.261 e. The molecule has 4 N–H and O–H groups in total. The van der Waals surface area contributed by atoms with Crippen LogP contribution >= 0.6 is 0 Å². The van der Waals surface area contributed by atoms with E-state index in [-0.39, 0.29) is 17.0 Å². The first-order valence-electron chi connectivity index (χ1n) is 3.39. The van der Waals surface area contributed by atoms with Crippen LogP contribution in [0, 0.1) is 0 Å². The van der Waals surface area contributed by atoms with Gasteiger partial charge in [-0.15, -0.1) is 0 Å². The van der Waals surface area contributed by atoms with Gasteiger partial charge in [0.25, 0.3) is 5.56 Å². The van der Waals surface area contributed by atoms with E-state index in [0.717, 1.165) is 6.33 Å². The lowest BCUT2D eigenvalue weighted by Gasteiger charge is -1.93. The Morgan fingerprint density at radius 1 is 1.75 bits per heavy atom. The van der Waals surface area contributed by atoms with Crippen LogP contribution < -0.4 is 11.3 Å². The number of rotatable bonds is 2. The summed E-state index contributed by atoms with van der Waals surface area (Å²) in [4.78, 5) is 16.8. The highest BCUT2D eigenvalue weighted by Gasteiger charge is 2.01. The van der Waals surface area contributed by atoms with Gasteiger partial charge in [-0.1, -0.05) is 6.08 Å². The number of aromatic amines is 1. The van der Waals surface area contributed by atoms with Crippen LogP contribution in [0.1, 0.15) is 5.56 Å². The van der Waals surface area contributed by atoms with Crippen LogP contribution in [0.15, 0.2) is 17.2 Å². The van der Waals surface area contributed by atoms with Crippen LogP contribution in [0.4, 0.5) is 0 Å². The number of nitrogens with one attached hydrogen (secondary N) is 1. The fourth-order valence-electron chi connectivity index (χ4n) is 0.737. The van der Waals surface area contributed by atoms with Crippen LogP contribution in [0.25, 0.3) is 6.08 Å². The van der Waals surface area contributed by atoms with E-state index in [2.05, 4.69) is 9.97 Å². The van der Waals surface area contributed by atoms with Gasteiger partial charge in [0.1, 0.15) is 5.56 Å². The lowest BCUT2D eigenvalue weighted by Crippen LogP contribution is -2.09. The van der Waals surface area contributed by atoms with Gasteiger partial charge >= 0.3 is 0 Å². The zero-order chi connectivity index (χ0) is 8.97. The topological polar surface area (TPSA) is 92.0 Å². The fraction of sp³-hybridized carbons (Fsp3) is 0.143. The molecule has 64 valence electrons. The molecule has 5 heteroatoms. The minimum atomic E-state index is -0.382. The molecule has 0 aliphatic heterocycles. The van der Waals surface area contributed by atoms with Crippen molar-refractivity contribution in [2.24, 2.45) is 5.73 Å². The second kappa shape index (κ2) is 3.68. The Morgan fingerprint density at radius 3 is 3.08 bits per heavy atom. The minimum Gasteiger partial charge on any atom is -0.493 e. The van der Waals surface area contributed by atoms with Crippen molar-refractivity contribution in [2.45, 2.75) is 0 Å². The average Bonchev–Trinajstić information content (AvgIpc) is 2.04. The monoisotopic (exact) mass is 167 g/mol. The summed E-state index contributed by atoms with van der Waals surface area (Å²) in [5, 5.41) is 9.09. The van der Waals surface area contributed by atoms with Gasteiger partial charge in [0.15, 0.2) is 0 Å². The highest BCUT2D eigenvalue weighted by Crippen LogP contribution is 2.06. The molecule has 0 aliphatic carbocycles. The van der Waals surface area contributed by atoms with Gasteiger partial charge in [-0.25, -0.2) is 4.98 Å². The second-order valence-corrected chi connectivity index (χ2v) is 2.11. The summed E-state index contributed by atoms with van der Waals surface area (Å²) < 4.78 is 0. The summed E-state index contributed by atoms with van der Waals surface area (Å²) in [6, 6.07) is 0. The SMILES string of the molecule is NCC=Cc1c(O)nc[nH]c1=O. The number of nitrogens with two attached hydrogens (primary N) is 1. The van der Waals surface area contributed by atoms with Crippen molar-refractivity contribution in [1.29, 1.82) is 0 Å². The number of nitrogens with zero attached hydrogens (tertiary/aromatic N) is 1. The van der Waals surface area contributed by atoms with Crippen molar-refractivity contribution in [2.75, 3.05) is 6.54 Å². The van der Waals surface area contributed by atoms with Gasteiger partial charge in [0, 0.05) is 6.54 Å². The molecule has 0 bridgehead atoms. The molecule has 1 heterocycles. The Balaban J connectivity index is 3.13. The molecule has 0 spiro atoms. The van der Waals surface area contributed by atoms with E-state index in [0.29, 0.717) is 6.54 Å². The standard InChI is InChI=1S/C7H9N3O2/c8-3-1-2-5-6(11)9-4-10-7(5)12/h1-2,4H,3,8H2,(H2,9,10,11,12). The van der Waals surface area contributed by atoms with Crippen molar-refractivity contribution in [1.82, 2.24) is 9.97 Å². The third-order valence-corrected chi connectivity index (χ3v) is 1.29. The molecular formula is C7H9N3O2. The number of H-pyrrole nitrogens is 1. The summed E-state index contributed by atoms with van der Waals surface area (Å²) >= 11 is 0. The van der Waals surface area contributed by atoms with Gasteiger partial charge in [0.05, 0.1) is 6.33 Å². The molecule has 0 unspecified atom stereocenters. The first kappa shape index (κ1) is 8.48. The molecule has 0 aromatic carbocycles. The Kier molecular flexibility index (Phi) is 2.60. The highest BCUT2D eigenvalue weighted by atomic mass is 16.3. The summed E-state index contributed by atoms with van der Waals surface area (Å²) in [6.45, 7) is 0.313. The summed E-state index contributed by atoms with van der Waals surface area (Å²) in [6.07, 6.45) is 4.13. The van der Waals surface area contributed by atoms with Crippen molar-refractivity contribution in [3.8, 4) is 5.88 Å². The molecule has 0 aliphatic rings. The maximum Gasteiger partial charge on any atom is 0.261 e. The molecule has 0 fully saturated rings. The molecular weight excluding hydrogens is 158 g/mol. The maximum absolute atomic E-state index is 11.0. The fourth-order valence-corrected chi connectivity index (χ4v) is 0.737. The molecule has 0 amide bonds. The lowest BCUT2D eigenvalue weighted by atomic mass is 10.3. The highest BCUT2D eigenvalue weighted by molar-refractivity contribution is 5.52. The van der Waals surface area contributed by atoms with Crippen LogP contribution in [0.5, 0.6) is 5.88 Å². The first-order valence-corrected chi connectivity index (χ1v) is 3.39. The third kappa shape index (κ3) is 1.70. The predicted molar refractivity (Wildman–Crippen MR) is 44.6 cm³/mol. The van der Waals surface area contributed by atoms with Crippen LogP contribution in [0.2, 0.25) is 0 Å². The first-order chi connectivity index (χ1) is 5.75. The quantitative estimate of drug-likeness (QED) is 0.551. The van der Waals surface area contributed by atoms with Crippen molar-refractivity contribution < 1.29 is 5.11 Å². The van der Waals surface area contributed by atoms with E-state index in [1.165, 1.54) is 6.08 Å². The molecule has 1 aromatic heterocycles. The van der Waals surface area contributed by atoms with Crippen LogP contribution in [-0.4, -0.2) is 21.6 Å². The van der Waals surface area contributed by atoms with Crippen LogP contribution in [-0.2, 0) is 0 Å². The summed E-state index contributed by atoms with van der Waals surface area (Å²) in [5.41, 5.74) is 4.92. The molecule has 1 rings (SSSR count). The van der Waals surface area contributed by atoms with Crippen molar-refractivity contribution in [3.05, 3.63) is 28.3 Å². The number of hydrogen-bond acceptors (Lipinski definition) is 4. The Bertz CT molecular complexity index is 343. The molecule has 12 heavy (non-hydrogen) atoms. The molecule has 1 aromatic rings. The zero-order valence-electron chi connectivity index (χ0n) is 6.32. The summed E-state index contributed by atoms with van der Waals surface area (Å²) in [7, 11) is 0. The van der Waals surface area contributed by atoms with Crippen LogP contribution in [0.3, 0.4) is 0 Å². The second-order valence-electron chi connectivity index (χ2n) is 2.11. The van der Waals surface area contributed by atoms with Gasteiger partial charge in [-0.3, -0.25) is 4.79 Å². The summed E-state index contributed by atoms with van der Waals surface area (Å²) in [5.74, 6) is -0.288.